The Bertz CT molecular complexity index is 1270. The molecule has 0 unspecified atom stereocenters. The Hall–Kier alpha value is -3.24. The third kappa shape index (κ3) is 6.75. The lowest BCUT2D eigenvalue weighted by Gasteiger charge is -2.22. The van der Waals surface area contributed by atoms with Crippen LogP contribution < -0.4 is 10.1 Å². The average Bonchev–Trinajstić information content (AvgIpc) is 3.39. The molecule has 3 N–H and O–H groups in total. The van der Waals surface area contributed by atoms with E-state index in [1.54, 1.807) is 30.3 Å². The molecule has 0 spiro atoms. The van der Waals surface area contributed by atoms with Crippen molar-refractivity contribution >= 4 is 34.4 Å². The molecule has 1 amide bonds. The fourth-order valence-corrected chi connectivity index (χ4v) is 5.16. The monoisotopic (exact) mass is 533 g/mol. The molecular formula is C27H26F3NO5S. The van der Waals surface area contributed by atoms with Gasteiger partial charge in [0, 0.05) is 10.3 Å². The lowest BCUT2D eigenvalue weighted by atomic mass is 9.97. The molecule has 0 radical (unpaired) electrons. The van der Waals surface area contributed by atoms with Crippen LogP contribution >= 0.6 is 11.8 Å². The number of hydrogen-bond donors (Lipinski definition) is 3. The molecule has 1 aliphatic rings. The highest BCUT2D eigenvalue weighted by atomic mass is 32.2. The minimum absolute atomic E-state index is 0.0247. The first-order valence-corrected chi connectivity index (χ1v) is 12.6. The van der Waals surface area contributed by atoms with Crippen LogP contribution in [0.5, 0.6) is 5.75 Å². The lowest BCUT2D eigenvalue weighted by Crippen LogP contribution is -2.45. The number of aliphatic carboxylic acids is 1. The van der Waals surface area contributed by atoms with Gasteiger partial charge < -0.3 is 20.3 Å². The maximum Gasteiger partial charge on any atom is 0.446 e. The highest BCUT2D eigenvalue weighted by Crippen LogP contribution is 2.37. The second-order valence-corrected chi connectivity index (χ2v) is 10.1. The van der Waals surface area contributed by atoms with Crippen molar-refractivity contribution in [2.75, 3.05) is 0 Å². The van der Waals surface area contributed by atoms with Crippen LogP contribution in [0.2, 0.25) is 0 Å². The smallest absolute Gasteiger partial charge is 0.446 e. The predicted molar refractivity (Wildman–Crippen MR) is 133 cm³/mol. The van der Waals surface area contributed by atoms with Crippen LogP contribution in [0.15, 0.2) is 59.5 Å². The van der Waals surface area contributed by atoms with Gasteiger partial charge in [-0.25, -0.2) is 4.79 Å². The number of hydrogen-bond acceptors (Lipinski definition) is 5. The molecule has 6 nitrogen and oxygen atoms in total. The number of carboxylic acid groups (broad SMARTS) is 1. The first-order chi connectivity index (χ1) is 17.6. The van der Waals surface area contributed by atoms with Crippen molar-refractivity contribution < 1.29 is 37.7 Å². The van der Waals surface area contributed by atoms with E-state index < -0.39 is 23.4 Å². The number of rotatable bonds is 9. The zero-order chi connectivity index (χ0) is 26.6. The Balaban J connectivity index is 1.62. The number of carboxylic acids is 1. The number of thioether (sulfide) groups is 1. The van der Waals surface area contributed by atoms with Gasteiger partial charge in [0.15, 0.2) is 0 Å². The van der Waals surface area contributed by atoms with Crippen molar-refractivity contribution in [3.8, 4) is 5.75 Å². The normalized spacial score (nSPS) is 15.0. The molecule has 1 saturated carbocycles. The maximum absolute atomic E-state index is 13.3. The van der Waals surface area contributed by atoms with E-state index in [0.717, 1.165) is 25.7 Å². The van der Waals surface area contributed by atoms with Crippen LogP contribution in [0.4, 0.5) is 13.2 Å². The molecule has 10 heteroatoms. The van der Waals surface area contributed by atoms with Gasteiger partial charge >= 0.3 is 11.5 Å². The van der Waals surface area contributed by atoms with Gasteiger partial charge in [-0.3, -0.25) is 4.79 Å². The van der Waals surface area contributed by atoms with Gasteiger partial charge in [0.2, 0.25) is 0 Å². The zero-order valence-electron chi connectivity index (χ0n) is 19.8. The number of halogens is 3. The highest BCUT2D eigenvalue weighted by molar-refractivity contribution is 8.00. The molecule has 1 fully saturated rings. The van der Waals surface area contributed by atoms with Crippen LogP contribution in [0, 0.1) is 5.92 Å². The van der Waals surface area contributed by atoms with Crippen LogP contribution in [-0.4, -0.2) is 33.6 Å². The molecule has 3 aromatic rings. The molecule has 0 bridgehead atoms. The number of aliphatic hydroxyl groups is 1. The molecule has 0 saturated heterocycles. The number of ether oxygens (including phenoxy) is 1. The van der Waals surface area contributed by atoms with Crippen LogP contribution in [0.3, 0.4) is 0 Å². The van der Waals surface area contributed by atoms with Gasteiger partial charge in [-0.1, -0.05) is 43.2 Å². The van der Waals surface area contributed by atoms with E-state index in [9.17, 15) is 33.0 Å². The molecule has 4 rings (SSSR count). The Labute approximate surface area is 215 Å². The minimum atomic E-state index is -4.39. The van der Waals surface area contributed by atoms with E-state index in [0.29, 0.717) is 21.9 Å². The molecule has 37 heavy (non-hydrogen) atoms. The van der Waals surface area contributed by atoms with Crippen molar-refractivity contribution in [2.24, 2.45) is 5.92 Å². The summed E-state index contributed by atoms with van der Waals surface area (Å²) < 4.78 is 43.9. The number of alkyl halides is 3. The Morgan fingerprint density at radius 1 is 1.03 bits per heavy atom. The Morgan fingerprint density at radius 3 is 2.32 bits per heavy atom. The second-order valence-electron chi connectivity index (χ2n) is 8.97. The van der Waals surface area contributed by atoms with Crippen molar-refractivity contribution in [3.63, 3.8) is 0 Å². The maximum atomic E-state index is 13.3. The number of benzene rings is 3. The molecule has 3 aromatic carbocycles. The van der Waals surface area contributed by atoms with Crippen molar-refractivity contribution in [1.29, 1.82) is 0 Å². The zero-order valence-corrected chi connectivity index (χ0v) is 20.6. The van der Waals surface area contributed by atoms with E-state index in [2.05, 4.69) is 5.32 Å². The first kappa shape index (κ1) is 26.8. The van der Waals surface area contributed by atoms with Gasteiger partial charge in [0.1, 0.15) is 18.4 Å². The van der Waals surface area contributed by atoms with Crippen molar-refractivity contribution in [1.82, 2.24) is 5.32 Å². The van der Waals surface area contributed by atoms with Gasteiger partial charge in [-0.05, 0) is 71.3 Å². The van der Waals surface area contributed by atoms with Gasteiger partial charge in [0.25, 0.3) is 5.91 Å². The Kier molecular flexibility index (Phi) is 8.29. The van der Waals surface area contributed by atoms with E-state index in [-0.39, 0.29) is 47.1 Å². The van der Waals surface area contributed by atoms with Crippen LogP contribution in [-0.2, 0) is 18.0 Å². The van der Waals surface area contributed by atoms with Crippen LogP contribution in [0.1, 0.15) is 47.2 Å². The molecule has 0 aliphatic heterocycles. The lowest BCUT2D eigenvalue weighted by molar-refractivity contribution is -0.140. The minimum Gasteiger partial charge on any atom is -0.487 e. The van der Waals surface area contributed by atoms with E-state index in [1.165, 1.54) is 24.3 Å². The third-order valence-corrected chi connectivity index (χ3v) is 7.17. The summed E-state index contributed by atoms with van der Waals surface area (Å²) in [4.78, 5) is 25.2. The van der Waals surface area contributed by atoms with E-state index in [1.807, 2.05) is 0 Å². The predicted octanol–water partition coefficient (Wildman–Crippen LogP) is 5.90. The van der Waals surface area contributed by atoms with Crippen molar-refractivity contribution in [3.05, 3.63) is 71.3 Å². The number of nitrogens with one attached hydrogen (secondary N) is 1. The van der Waals surface area contributed by atoms with Gasteiger partial charge in [0.05, 0.1) is 12.2 Å². The number of carbonyl (C=O) groups is 2. The fourth-order valence-electron chi connectivity index (χ4n) is 4.62. The molecule has 0 heterocycles. The quantitative estimate of drug-likeness (QED) is 0.297. The number of aliphatic hydroxyl groups excluding tert-OH is 1. The summed E-state index contributed by atoms with van der Waals surface area (Å²) in [6.45, 7) is -0.193. The summed E-state index contributed by atoms with van der Waals surface area (Å²) >= 11 is -0.208. The number of carbonyl (C=O) groups excluding carboxylic acids is 1. The molecule has 1 aliphatic carbocycles. The number of amides is 1. The van der Waals surface area contributed by atoms with Crippen molar-refractivity contribution in [2.45, 2.75) is 55.3 Å². The average molecular weight is 534 g/mol. The molecule has 1 atom stereocenters. The van der Waals surface area contributed by atoms with Gasteiger partial charge in [-0.2, -0.15) is 13.2 Å². The summed E-state index contributed by atoms with van der Waals surface area (Å²) in [6.07, 6.45) is 3.29. The number of fused-ring (bicyclic) bond motifs is 1. The van der Waals surface area contributed by atoms with E-state index in [4.69, 9.17) is 4.74 Å². The van der Waals surface area contributed by atoms with Gasteiger partial charge in [-0.15, -0.1) is 0 Å². The summed E-state index contributed by atoms with van der Waals surface area (Å²) in [5.41, 5.74) is -2.97. The topological polar surface area (TPSA) is 95.9 Å². The SMILES string of the molecule is O=C(N[C@H](C(=O)O)C1CCCC1)c1ccc2cc(CO)ccc2c1OCc1ccc(SC(F)(F)F)cc1. The molecular weight excluding hydrogens is 507 g/mol. The third-order valence-electron chi connectivity index (χ3n) is 6.43. The molecule has 0 aromatic heterocycles. The highest BCUT2D eigenvalue weighted by Gasteiger charge is 2.33. The van der Waals surface area contributed by atoms with E-state index >= 15 is 0 Å². The summed E-state index contributed by atoms with van der Waals surface area (Å²) in [5.74, 6) is -1.59. The summed E-state index contributed by atoms with van der Waals surface area (Å²) in [6, 6.07) is 13.1. The second kappa shape index (κ2) is 11.4. The first-order valence-electron chi connectivity index (χ1n) is 11.8. The largest absolute Gasteiger partial charge is 0.487 e. The fraction of sp³-hybridized carbons (Fsp3) is 0.333. The Morgan fingerprint density at radius 2 is 1.70 bits per heavy atom. The standard InChI is InChI=1S/C27H26F3NO5S/c28-27(29,30)37-20-9-5-16(6-10-20)15-36-24-21-11-7-17(14-32)13-19(21)8-12-22(24)25(33)31-23(26(34)35)18-3-1-2-4-18/h5-13,18,23,32H,1-4,14-15H2,(H,31,33)(H,34,35)/t23-/m0/s1. The van der Waals surface area contributed by atoms with Crippen LogP contribution in [0.25, 0.3) is 10.8 Å². The summed E-state index contributed by atoms with van der Waals surface area (Å²) in [5, 5.41) is 23.2. The molecule has 196 valence electrons. The summed E-state index contributed by atoms with van der Waals surface area (Å²) in [7, 11) is 0.